The Hall–Kier alpha value is -1.49. The van der Waals surface area contributed by atoms with Crippen molar-refractivity contribution in [3.8, 4) is 0 Å². The minimum absolute atomic E-state index is 0.0689. The molecule has 0 bridgehead atoms. The summed E-state index contributed by atoms with van der Waals surface area (Å²) in [4.78, 5) is 13.3. The fraction of sp³-hybridized carbons (Fsp3) is 0.462. The van der Waals surface area contributed by atoms with Crippen LogP contribution in [0.3, 0.4) is 0 Å². The zero-order valence-electron chi connectivity index (χ0n) is 10.5. The third kappa shape index (κ3) is 3.04. The van der Waals surface area contributed by atoms with Crippen LogP contribution in [0, 0.1) is 18.6 Å². The maximum absolute atomic E-state index is 13.8. The van der Waals surface area contributed by atoms with Crippen LogP contribution in [-0.2, 0) is 0 Å². The van der Waals surface area contributed by atoms with E-state index in [0.717, 1.165) is 6.07 Å². The highest BCUT2D eigenvalue weighted by Crippen LogP contribution is 2.18. The highest BCUT2D eigenvalue weighted by molar-refractivity contribution is 5.95. The molecule has 0 aliphatic heterocycles. The van der Waals surface area contributed by atoms with E-state index in [0.29, 0.717) is 13.0 Å². The predicted molar refractivity (Wildman–Crippen MR) is 64.4 cm³/mol. The van der Waals surface area contributed by atoms with Crippen molar-refractivity contribution in [3.05, 3.63) is 34.9 Å². The standard InChI is InChI=1S/C13H17F2NO2/c1-3-6-16(7-8-17)13(18)11-10(14)5-4-9(2)12(11)15/h4-5,17H,3,6-8H2,1-2H3. The van der Waals surface area contributed by atoms with E-state index in [4.69, 9.17) is 5.11 Å². The van der Waals surface area contributed by atoms with Crippen LogP contribution >= 0.6 is 0 Å². The van der Waals surface area contributed by atoms with E-state index in [2.05, 4.69) is 0 Å². The number of aliphatic hydroxyl groups excluding tert-OH is 1. The van der Waals surface area contributed by atoms with E-state index in [1.165, 1.54) is 17.9 Å². The van der Waals surface area contributed by atoms with E-state index in [1.807, 2.05) is 6.92 Å². The molecule has 5 heteroatoms. The SMILES string of the molecule is CCCN(CCO)C(=O)c1c(F)ccc(C)c1F. The smallest absolute Gasteiger partial charge is 0.259 e. The summed E-state index contributed by atoms with van der Waals surface area (Å²) in [5.74, 6) is -2.43. The van der Waals surface area contributed by atoms with Gasteiger partial charge in [-0.05, 0) is 25.0 Å². The molecule has 1 aromatic rings. The van der Waals surface area contributed by atoms with Gasteiger partial charge in [0.15, 0.2) is 0 Å². The molecule has 100 valence electrons. The first-order valence-corrected chi connectivity index (χ1v) is 5.87. The summed E-state index contributed by atoms with van der Waals surface area (Å²) < 4.78 is 27.4. The maximum Gasteiger partial charge on any atom is 0.259 e. The van der Waals surface area contributed by atoms with Gasteiger partial charge in [0.25, 0.3) is 5.91 Å². The molecule has 18 heavy (non-hydrogen) atoms. The van der Waals surface area contributed by atoms with Crippen LogP contribution in [0.2, 0.25) is 0 Å². The van der Waals surface area contributed by atoms with Gasteiger partial charge in [0, 0.05) is 13.1 Å². The number of carbonyl (C=O) groups is 1. The van der Waals surface area contributed by atoms with E-state index >= 15 is 0 Å². The highest BCUT2D eigenvalue weighted by Gasteiger charge is 2.23. The summed E-state index contributed by atoms with van der Waals surface area (Å²) >= 11 is 0. The first-order chi connectivity index (χ1) is 8.52. The van der Waals surface area contributed by atoms with Crippen LogP contribution in [-0.4, -0.2) is 35.6 Å². The average molecular weight is 257 g/mol. The van der Waals surface area contributed by atoms with Crippen LogP contribution in [0.5, 0.6) is 0 Å². The number of halogens is 2. The monoisotopic (exact) mass is 257 g/mol. The molecule has 1 aromatic carbocycles. The zero-order valence-corrected chi connectivity index (χ0v) is 10.5. The average Bonchev–Trinajstić information content (AvgIpc) is 2.34. The Balaban J connectivity index is 3.11. The van der Waals surface area contributed by atoms with Gasteiger partial charge in [0.1, 0.15) is 17.2 Å². The lowest BCUT2D eigenvalue weighted by Gasteiger charge is -2.21. The van der Waals surface area contributed by atoms with Crippen molar-refractivity contribution in [3.63, 3.8) is 0 Å². The maximum atomic E-state index is 13.8. The van der Waals surface area contributed by atoms with Crippen LogP contribution in [0.25, 0.3) is 0 Å². The number of nitrogens with zero attached hydrogens (tertiary/aromatic N) is 1. The Morgan fingerprint density at radius 3 is 2.56 bits per heavy atom. The van der Waals surface area contributed by atoms with Crippen molar-refractivity contribution < 1.29 is 18.7 Å². The number of benzene rings is 1. The molecule has 0 radical (unpaired) electrons. The molecule has 0 saturated carbocycles. The molecule has 0 heterocycles. The number of aliphatic hydroxyl groups is 1. The fourth-order valence-electron chi connectivity index (χ4n) is 1.72. The third-order valence-corrected chi connectivity index (χ3v) is 2.65. The van der Waals surface area contributed by atoms with Gasteiger partial charge >= 0.3 is 0 Å². The Morgan fingerprint density at radius 1 is 1.33 bits per heavy atom. The largest absolute Gasteiger partial charge is 0.395 e. The van der Waals surface area contributed by atoms with Crippen LogP contribution in [0.4, 0.5) is 8.78 Å². The Kier molecular flexibility index (Phi) is 5.22. The quantitative estimate of drug-likeness (QED) is 0.877. The number of aryl methyl sites for hydroxylation is 1. The van der Waals surface area contributed by atoms with E-state index in [1.54, 1.807) is 0 Å². The second-order valence-electron chi connectivity index (χ2n) is 4.07. The number of hydrogen-bond acceptors (Lipinski definition) is 2. The first kappa shape index (κ1) is 14.6. The van der Waals surface area contributed by atoms with E-state index in [9.17, 15) is 13.6 Å². The van der Waals surface area contributed by atoms with Gasteiger partial charge < -0.3 is 10.0 Å². The van der Waals surface area contributed by atoms with E-state index < -0.39 is 23.1 Å². The van der Waals surface area contributed by atoms with Gasteiger partial charge in [-0.2, -0.15) is 0 Å². The molecule has 0 unspecified atom stereocenters. The first-order valence-electron chi connectivity index (χ1n) is 5.87. The zero-order chi connectivity index (χ0) is 13.7. The molecular formula is C13H17F2NO2. The summed E-state index contributed by atoms with van der Waals surface area (Å²) in [5.41, 5.74) is -0.322. The minimum atomic E-state index is -0.873. The molecule has 0 aliphatic carbocycles. The van der Waals surface area contributed by atoms with Gasteiger partial charge in [-0.3, -0.25) is 4.79 Å². The summed E-state index contributed by atoms with van der Waals surface area (Å²) in [6.07, 6.45) is 0.654. The molecule has 3 nitrogen and oxygen atoms in total. The predicted octanol–water partition coefficient (Wildman–Crippen LogP) is 2.12. The van der Waals surface area contributed by atoms with Crippen molar-refractivity contribution in [1.82, 2.24) is 4.90 Å². The molecule has 0 atom stereocenters. The van der Waals surface area contributed by atoms with Crippen molar-refractivity contribution in [2.45, 2.75) is 20.3 Å². The second kappa shape index (κ2) is 6.44. The van der Waals surface area contributed by atoms with Gasteiger partial charge in [-0.1, -0.05) is 13.0 Å². The van der Waals surface area contributed by atoms with Crippen molar-refractivity contribution in [2.75, 3.05) is 19.7 Å². The lowest BCUT2D eigenvalue weighted by molar-refractivity contribution is 0.0712. The third-order valence-electron chi connectivity index (χ3n) is 2.65. The molecule has 0 spiro atoms. The normalized spacial score (nSPS) is 10.5. The molecule has 0 fully saturated rings. The second-order valence-corrected chi connectivity index (χ2v) is 4.07. The van der Waals surface area contributed by atoms with E-state index in [-0.39, 0.29) is 18.7 Å². The van der Waals surface area contributed by atoms with Crippen LogP contribution in [0.15, 0.2) is 12.1 Å². The Morgan fingerprint density at radius 2 is 2.00 bits per heavy atom. The Labute approximate surface area is 105 Å². The molecule has 0 aliphatic rings. The summed E-state index contributed by atoms with van der Waals surface area (Å²) in [6.45, 7) is 3.51. The molecule has 0 saturated heterocycles. The molecule has 0 aromatic heterocycles. The molecular weight excluding hydrogens is 240 g/mol. The Bertz CT molecular complexity index is 429. The van der Waals surface area contributed by atoms with Gasteiger partial charge in [-0.15, -0.1) is 0 Å². The molecule has 1 amide bonds. The topological polar surface area (TPSA) is 40.5 Å². The number of hydrogen-bond donors (Lipinski definition) is 1. The number of carbonyl (C=O) groups excluding carboxylic acids is 1. The lowest BCUT2D eigenvalue weighted by Crippen LogP contribution is -2.35. The lowest BCUT2D eigenvalue weighted by atomic mass is 10.1. The molecule has 1 N–H and O–H groups in total. The van der Waals surface area contributed by atoms with Gasteiger partial charge in [0.2, 0.25) is 0 Å². The van der Waals surface area contributed by atoms with Gasteiger partial charge in [-0.25, -0.2) is 8.78 Å². The van der Waals surface area contributed by atoms with Crippen LogP contribution in [0.1, 0.15) is 29.3 Å². The number of rotatable bonds is 5. The number of amides is 1. The highest BCUT2D eigenvalue weighted by atomic mass is 19.1. The van der Waals surface area contributed by atoms with Crippen molar-refractivity contribution >= 4 is 5.91 Å². The van der Waals surface area contributed by atoms with Gasteiger partial charge in [0.05, 0.1) is 6.61 Å². The van der Waals surface area contributed by atoms with Crippen LogP contribution < -0.4 is 0 Å². The van der Waals surface area contributed by atoms with Crippen molar-refractivity contribution in [2.24, 2.45) is 0 Å². The molecule has 1 rings (SSSR count). The minimum Gasteiger partial charge on any atom is -0.395 e. The summed E-state index contributed by atoms with van der Waals surface area (Å²) in [7, 11) is 0. The van der Waals surface area contributed by atoms with Crippen molar-refractivity contribution in [1.29, 1.82) is 0 Å². The summed E-state index contributed by atoms with van der Waals surface area (Å²) in [6, 6.07) is 2.37. The fourth-order valence-corrected chi connectivity index (χ4v) is 1.72. The summed E-state index contributed by atoms with van der Waals surface area (Å²) in [5, 5.41) is 8.87.